The summed E-state index contributed by atoms with van der Waals surface area (Å²) in [4.78, 5) is 0. The van der Waals surface area contributed by atoms with Gasteiger partial charge >= 0.3 is 0 Å². The third-order valence-corrected chi connectivity index (χ3v) is 2.36. The Kier molecular flexibility index (Phi) is 4.34. The highest BCUT2D eigenvalue weighted by molar-refractivity contribution is 5.27. The van der Waals surface area contributed by atoms with Crippen molar-refractivity contribution in [3.8, 4) is 0 Å². The highest BCUT2D eigenvalue weighted by Crippen LogP contribution is 2.15. The maximum absolute atomic E-state index is 9.59. The Morgan fingerprint density at radius 3 is 2.27 bits per heavy atom. The Morgan fingerprint density at radius 2 is 1.80 bits per heavy atom. The van der Waals surface area contributed by atoms with Crippen molar-refractivity contribution in [2.45, 2.75) is 45.6 Å². The van der Waals surface area contributed by atoms with Crippen molar-refractivity contribution < 1.29 is 5.11 Å². The van der Waals surface area contributed by atoms with E-state index in [-0.39, 0.29) is 0 Å². The van der Waals surface area contributed by atoms with Gasteiger partial charge in [0.25, 0.3) is 0 Å². The molecule has 1 N–H and O–H groups in total. The van der Waals surface area contributed by atoms with E-state index in [4.69, 9.17) is 0 Å². The molecule has 0 atom stereocenters. The molecule has 0 unspecified atom stereocenters. The third kappa shape index (κ3) is 4.98. The first-order chi connectivity index (χ1) is 7.01. The van der Waals surface area contributed by atoms with Gasteiger partial charge in [0, 0.05) is 0 Å². The van der Waals surface area contributed by atoms with Gasteiger partial charge in [-0.05, 0) is 44.2 Å². The molecule has 0 amide bonds. The largest absolute Gasteiger partial charge is 0.390 e. The number of hydrogen-bond acceptors (Lipinski definition) is 1. The maximum atomic E-state index is 9.59. The van der Waals surface area contributed by atoms with Gasteiger partial charge in [-0.3, -0.25) is 0 Å². The van der Waals surface area contributed by atoms with Crippen LogP contribution in [0.1, 0.15) is 44.7 Å². The molecule has 0 aliphatic rings. The highest BCUT2D eigenvalue weighted by Gasteiger charge is 2.11. The quantitative estimate of drug-likeness (QED) is 0.781. The van der Waals surface area contributed by atoms with Gasteiger partial charge in [0.1, 0.15) is 0 Å². The Hall–Kier alpha value is -0.820. The minimum absolute atomic E-state index is 0.609. The van der Waals surface area contributed by atoms with Gasteiger partial charge in [-0.15, -0.1) is 0 Å². The van der Waals surface area contributed by atoms with Crippen LogP contribution in [0, 0.1) is 6.42 Å². The van der Waals surface area contributed by atoms with Crippen LogP contribution in [0.2, 0.25) is 0 Å². The fourth-order valence-electron chi connectivity index (χ4n) is 1.48. The molecule has 83 valence electrons. The van der Waals surface area contributed by atoms with Crippen molar-refractivity contribution in [2.24, 2.45) is 0 Å². The maximum Gasteiger partial charge on any atom is 0.0597 e. The third-order valence-electron chi connectivity index (χ3n) is 2.36. The molecule has 0 aliphatic heterocycles. The molecule has 0 bridgehead atoms. The van der Waals surface area contributed by atoms with Crippen LogP contribution in [-0.2, 0) is 6.42 Å². The minimum Gasteiger partial charge on any atom is -0.390 e. The predicted octanol–water partition coefficient (Wildman–Crippen LogP) is 3.35. The lowest BCUT2D eigenvalue weighted by atomic mass is 9.98. The summed E-state index contributed by atoms with van der Waals surface area (Å²) in [5.74, 6) is 0. The van der Waals surface area contributed by atoms with Crippen molar-refractivity contribution in [2.75, 3.05) is 0 Å². The number of hydrogen-bond donors (Lipinski definition) is 1. The molecule has 0 aromatic heterocycles. The van der Waals surface area contributed by atoms with Crippen LogP contribution in [0.5, 0.6) is 0 Å². The summed E-state index contributed by atoms with van der Waals surface area (Å²) in [6.07, 6.45) is 5.11. The van der Waals surface area contributed by atoms with Crippen LogP contribution in [0.25, 0.3) is 0 Å². The van der Waals surface area contributed by atoms with E-state index in [9.17, 15) is 5.11 Å². The number of aliphatic hydroxyl groups is 1. The van der Waals surface area contributed by atoms with Crippen molar-refractivity contribution >= 4 is 0 Å². The number of aryl methyl sites for hydroxylation is 1. The van der Waals surface area contributed by atoms with Crippen molar-refractivity contribution in [1.82, 2.24) is 0 Å². The lowest BCUT2D eigenvalue weighted by Crippen LogP contribution is -2.18. The summed E-state index contributed by atoms with van der Waals surface area (Å²) >= 11 is 0. The van der Waals surface area contributed by atoms with Gasteiger partial charge in [0.05, 0.1) is 5.60 Å². The lowest BCUT2D eigenvalue weighted by Gasteiger charge is -2.16. The zero-order valence-corrected chi connectivity index (χ0v) is 9.96. The van der Waals surface area contributed by atoms with E-state index >= 15 is 0 Å². The van der Waals surface area contributed by atoms with Gasteiger partial charge in [0.2, 0.25) is 0 Å². The van der Waals surface area contributed by atoms with E-state index in [1.54, 1.807) is 0 Å². The molecular formula is C14H21O. The van der Waals surface area contributed by atoms with Crippen molar-refractivity contribution in [3.05, 3.63) is 41.8 Å². The molecule has 0 saturated heterocycles. The SMILES string of the molecule is CCCc1ccc([CH]CC(C)(C)O)cc1. The molecule has 1 aromatic carbocycles. The van der Waals surface area contributed by atoms with Gasteiger partial charge in [-0.1, -0.05) is 37.6 Å². The van der Waals surface area contributed by atoms with Gasteiger partial charge in [-0.25, -0.2) is 0 Å². The molecule has 1 aromatic rings. The van der Waals surface area contributed by atoms with Crippen LogP contribution in [0.15, 0.2) is 24.3 Å². The highest BCUT2D eigenvalue weighted by atomic mass is 16.3. The summed E-state index contributed by atoms with van der Waals surface area (Å²) in [7, 11) is 0. The van der Waals surface area contributed by atoms with Crippen LogP contribution < -0.4 is 0 Å². The van der Waals surface area contributed by atoms with Gasteiger partial charge < -0.3 is 5.11 Å². The zero-order chi connectivity index (χ0) is 11.3. The molecular weight excluding hydrogens is 184 g/mol. The molecule has 1 heteroatoms. The fraction of sp³-hybridized carbons (Fsp3) is 0.500. The van der Waals surface area contributed by atoms with E-state index in [1.807, 2.05) is 13.8 Å². The fourth-order valence-corrected chi connectivity index (χ4v) is 1.48. The summed E-state index contributed by atoms with van der Waals surface area (Å²) in [6.45, 7) is 5.85. The predicted molar refractivity (Wildman–Crippen MR) is 64.8 cm³/mol. The number of benzene rings is 1. The Balaban J connectivity index is 2.50. The van der Waals surface area contributed by atoms with E-state index in [0.717, 1.165) is 6.42 Å². The topological polar surface area (TPSA) is 20.2 Å². The molecule has 0 fully saturated rings. The van der Waals surface area contributed by atoms with Crippen LogP contribution >= 0.6 is 0 Å². The summed E-state index contributed by atoms with van der Waals surface area (Å²) in [6, 6.07) is 8.58. The van der Waals surface area contributed by atoms with Crippen molar-refractivity contribution in [3.63, 3.8) is 0 Å². The summed E-state index contributed by atoms with van der Waals surface area (Å²) < 4.78 is 0. The van der Waals surface area contributed by atoms with Crippen LogP contribution in [-0.4, -0.2) is 10.7 Å². The summed E-state index contributed by atoms with van der Waals surface area (Å²) in [5, 5.41) is 9.59. The first kappa shape index (κ1) is 12.3. The lowest BCUT2D eigenvalue weighted by molar-refractivity contribution is 0.0807. The first-order valence-electron chi connectivity index (χ1n) is 5.66. The molecule has 1 nitrogen and oxygen atoms in total. The molecule has 0 spiro atoms. The average Bonchev–Trinajstić information content (AvgIpc) is 2.16. The van der Waals surface area contributed by atoms with E-state index in [1.165, 1.54) is 17.5 Å². The molecule has 1 radical (unpaired) electrons. The Bertz CT molecular complexity index is 279. The van der Waals surface area contributed by atoms with E-state index < -0.39 is 5.60 Å². The Morgan fingerprint density at radius 1 is 1.20 bits per heavy atom. The van der Waals surface area contributed by atoms with Crippen LogP contribution in [0.3, 0.4) is 0 Å². The average molecular weight is 205 g/mol. The number of rotatable bonds is 5. The standard InChI is InChI=1S/C14H21O/c1-4-5-12-6-8-13(9-7-12)10-11-14(2,3)15/h6-10,15H,4-5,11H2,1-3H3. The van der Waals surface area contributed by atoms with Gasteiger partial charge in [0.15, 0.2) is 0 Å². The van der Waals surface area contributed by atoms with Gasteiger partial charge in [-0.2, -0.15) is 0 Å². The minimum atomic E-state index is -0.609. The second-order valence-corrected chi connectivity index (χ2v) is 4.71. The van der Waals surface area contributed by atoms with E-state index in [2.05, 4.69) is 37.6 Å². The Labute approximate surface area is 93.1 Å². The smallest absolute Gasteiger partial charge is 0.0597 e. The first-order valence-corrected chi connectivity index (χ1v) is 5.66. The normalized spacial score (nSPS) is 11.7. The van der Waals surface area contributed by atoms with E-state index in [0.29, 0.717) is 6.42 Å². The second-order valence-electron chi connectivity index (χ2n) is 4.71. The molecule has 15 heavy (non-hydrogen) atoms. The molecule has 1 rings (SSSR count). The monoisotopic (exact) mass is 205 g/mol. The molecule has 0 saturated carbocycles. The zero-order valence-electron chi connectivity index (χ0n) is 9.96. The summed E-state index contributed by atoms with van der Waals surface area (Å²) in [5.41, 5.74) is 1.97. The van der Waals surface area contributed by atoms with Crippen LogP contribution in [0.4, 0.5) is 0 Å². The molecule has 0 heterocycles. The molecule has 0 aliphatic carbocycles. The van der Waals surface area contributed by atoms with Crippen molar-refractivity contribution in [1.29, 1.82) is 0 Å². The second kappa shape index (κ2) is 5.32.